The Morgan fingerprint density at radius 2 is 2.00 bits per heavy atom. The molecule has 1 aromatic rings. The Bertz CT molecular complexity index is 397. The molecule has 0 aromatic carbocycles. The van der Waals surface area contributed by atoms with Crippen LogP contribution in [0, 0.1) is 0 Å². The molecule has 0 saturated heterocycles. The van der Waals surface area contributed by atoms with Gasteiger partial charge in [0, 0.05) is 0 Å². The van der Waals surface area contributed by atoms with E-state index in [1.54, 1.807) is 0 Å². The highest BCUT2D eigenvalue weighted by molar-refractivity contribution is 6.42. The van der Waals surface area contributed by atoms with E-state index in [4.69, 9.17) is 28.3 Å². The Hall–Kier alpha value is -0.910. The smallest absolute Gasteiger partial charge is 0.372 e. The number of rotatable bonds is 3. The van der Waals surface area contributed by atoms with Gasteiger partial charge >= 0.3 is 5.97 Å². The molecule has 0 amide bonds. The number of aromatic nitrogens is 2. The van der Waals surface area contributed by atoms with Crippen molar-refractivity contribution in [1.29, 1.82) is 0 Å². The fraction of sp³-hybridized carbons (Fsp3) is 0.143. The largest absolute Gasteiger partial charge is 0.475 e. The molecular weight excluding hydrogens is 266 g/mol. The van der Waals surface area contributed by atoms with E-state index in [1.807, 2.05) is 0 Å². The summed E-state index contributed by atoms with van der Waals surface area (Å²) in [7, 11) is 0. The van der Waals surface area contributed by atoms with Crippen LogP contribution in [0.5, 0.6) is 0 Å². The molecule has 8 heteroatoms. The normalized spacial score (nSPS) is 9.20. The topological polar surface area (TPSA) is 80.1 Å². The standard InChI is InChI=1S/C7H4Cl2N2O3.ClH/c8-3-2-10-11-4(6(3)9)1-5(12)7(13)14;/h2H,1H2,(H,13,14);1H. The summed E-state index contributed by atoms with van der Waals surface area (Å²) in [5.41, 5.74) is 0.0616. The molecule has 15 heavy (non-hydrogen) atoms. The van der Waals surface area contributed by atoms with E-state index in [9.17, 15) is 9.59 Å². The van der Waals surface area contributed by atoms with E-state index >= 15 is 0 Å². The van der Waals surface area contributed by atoms with Crippen molar-refractivity contribution < 1.29 is 14.7 Å². The van der Waals surface area contributed by atoms with Crippen LogP contribution in [0.3, 0.4) is 0 Å². The number of nitrogens with zero attached hydrogens (tertiary/aromatic N) is 2. The molecule has 0 atom stereocenters. The molecule has 0 radical (unpaired) electrons. The average molecular weight is 271 g/mol. The fourth-order valence-corrected chi connectivity index (χ4v) is 1.03. The zero-order valence-corrected chi connectivity index (χ0v) is 9.44. The second-order valence-electron chi connectivity index (χ2n) is 2.36. The van der Waals surface area contributed by atoms with Gasteiger partial charge in [-0.1, -0.05) is 23.2 Å². The maximum absolute atomic E-state index is 10.8. The number of Topliss-reactive ketones (excluding diaryl/α,β-unsaturated/α-hetero) is 1. The van der Waals surface area contributed by atoms with Crippen LogP contribution in [0.25, 0.3) is 0 Å². The molecular formula is C7H5Cl3N2O3. The Morgan fingerprint density at radius 3 is 2.53 bits per heavy atom. The number of carboxylic acids is 1. The van der Waals surface area contributed by atoms with Gasteiger partial charge in [0.15, 0.2) is 0 Å². The van der Waals surface area contributed by atoms with Crippen LogP contribution in [-0.4, -0.2) is 27.1 Å². The number of carboxylic acid groups (broad SMARTS) is 1. The number of carbonyl (C=O) groups is 2. The lowest BCUT2D eigenvalue weighted by Gasteiger charge is -2.00. The van der Waals surface area contributed by atoms with Crippen LogP contribution in [0.2, 0.25) is 10.0 Å². The molecule has 0 fully saturated rings. The third-order valence-corrected chi connectivity index (χ3v) is 2.18. The van der Waals surface area contributed by atoms with Crippen molar-refractivity contribution in [3.8, 4) is 0 Å². The minimum Gasteiger partial charge on any atom is -0.475 e. The summed E-state index contributed by atoms with van der Waals surface area (Å²) in [4.78, 5) is 21.0. The SMILES string of the molecule is Cl.O=C(O)C(=O)Cc1nncc(Cl)c1Cl. The van der Waals surface area contributed by atoms with Gasteiger partial charge in [0.2, 0.25) is 5.78 Å². The van der Waals surface area contributed by atoms with Crippen LogP contribution in [0.1, 0.15) is 5.69 Å². The molecule has 0 bridgehead atoms. The Morgan fingerprint density at radius 1 is 1.40 bits per heavy atom. The molecule has 0 aliphatic carbocycles. The van der Waals surface area contributed by atoms with Crippen molar-refractivity contribution in [1.82, 2.24) is 10.2 Å². The molecule has 1 N–H and O–H groups in total. The van der Waals surface area contributed by atoms with E-state index < -0.39 is 18.2 Å². The van der Waals surface area contributed by atoms with Gasteiger partial charge in [-0.05, 0) is 0 Å². The van der Waals surface area contributed by atoms with Crippen molar-refractivity contribution in [2.45, 2.75) is 6.42 Å². The molecule has 0 unspecified atom stereocenters. The third kappa shape index (κ3) is 3.62. The molecule has 0 aliphatic heterocycles. The summed E-state index contributed by atoms with van der Waals surface area (Å²) in [5.74, 6) is -2.55. The quantitative estimate of drug-likeness (QED) is 0.841. The van der Waals surface area contributed by atoms with E-state index in [0.29, 0.717) is 0 Å². The number of aliphatic carboxylic acids is 1. The molecule has 0 saturated carbocycles. The van der Waals surface area contributed by atoms with Gasteiger partial charge in [-0.15, -0.1) is 12.4 Å². The van der Waals surface area contributed by atoms with Gasteiger partial charge < -0.3 is 5.11 Å². The molecule has 5 nitrogen and oxygen atoms in total. The van der Waals surface area contributed by atoms with E-state index in [2.05, 4.69) is 10.2 Å². The molecule has 1 aromatic heterocycles. The van der Waals surface area contributed by atoms with E-state index in [-0.39, 0.29) is 28.1 Å². The van der Waals surface area contributed by atoms with Crippen LogP contribution < -0.4 is 0 Å². The van der Waals surface area contributed by atoms with Gasteiger partial charge in [-0.25, -0.2) is 4.79 Å². The average Bonchev–Trinajstić information content (AvgIpc) is 2.12. The number of ketones is 1. The van der Waals surface area contributed by atoms with Crippen molar-refractivity contribution in [2.24, 2.45) is 0 Å². The zero-order chi connectivity index (χ0) is 10.7. The van der Waals surface area contributed by atoms with Gasteiger partial charge in [-0.3, -0.25) is 4.79 Å². The minimum absolute atomic E-state index is 0. The first-order chi connectivity index (χ1) is 6.52. The lowest BCUT2D eigenvalue weighted by atomic mass is 10.2. The second-order valence-corrected chi connectivity index (χ2v) is 3.14. The molecule has 1 heterocycles. The monoisotopic (exact) mass is 270 g/mol. The number of hydrogen-bond acceptors (Lipinski definition) is 4. The van der Waals surface area contributed by atoms with Gasteiger partial charge in [0.25, 0.3) is 0 Å². The summed E-state index contributed by atoms with van der Waals surface area (Å²) < 4.78 is 0. The maximum Gasteiger partial charge on any atom is 0.372 e. The first-order valence-electron chi connectivity index (χ1n) is 3.44. The summed E-state index contributed by atoms with van der Waals surface area (Å²) in [6, 6.07) is 0. The minimum atomic E-state index is -1.54. The predicted molar refractivity (Wildman–Crippen MR) is 55.6 cm³/mol. The number of halogens is 3. The first-order valence-corrected chi connectivity index (χ1v) is 4.19. The Labute approximate surface area is 101 Å². The van der Waals surface area contributed by atoms with Crippen LogP contribution in [0.15, 0.2) is 6.20 Å². The zero-order valence-electron chi connectivity index (χ0n) is 7.11. The lowest BCUT2D eigenvalue weighted by molar-refractivity contribution is -0.148. The summed E-state index contributed by atoms with van der Waals surface area (Å²) in [6.07, 6.45) is 0.792. The van der Waals surface area contributed by atoms with Crippen molar-refractivity contribution in [2.75, 3.05) is 0 Å². The van der Waals surface area contributed by atoms with Crippen molar-refractivity contribution in [3.63, 3.8) is 0 Å². The van der Waals surface area contributed by atoms with Crippen molar-refractivity contribution in [3.05, 3.63) is 21.9 Å². The lowest BCUT2D eigenvalue weighted by Crippen LogP contribution is -2.16. The molecule has 1 rings (SSSR count). The Kier molecular flexibility index (Phi) is 5.49. The van der Waals surface area contributed by atoms with Crippen LogP contribution in [-0.2, 0) is 16.0 Å². The third-order valence-electron chi connectivity index (χ3n) is 1.38. The number of carbonyl (C=O) groups excluding carboxylic acids is 1. The highest BCUT2D eigenvalue weighted by Crippen LogP contribution is 2.22. The Balaban J connectivity index is 0.00000196. The fourth-order valence-electron chi connectivity index (χ4n) is 0.728. The summed E-state index contributed by atoms with van der Waals surface area (Å²) in [6.45, 7) is 0. The van der Waals surface area contributed by atoms with Gasteiger partial charge in [0.1, 0.15) is 0 Å². The highest BCUT2D eigenvalue weighted by atomic mass is 35.5. The maximum atomic E-state index is 10.8. The number of hydrogen-bond donors (Lipinski definition) is 1. The molecule has 0 aliphatic rings. The molecule has 0 spiro atoms. The second kappa shape index (κ2) is 5.85. The predicted octanol–water partition coefficient (Wildman–Crippen LogP) is 1.40. The summed E-state index contributed by atoms with van der Waals surface area (Å²) >= 11 is 11.2. The van der Waals surface area contributed by atoms with Crippen molar-refractivity contribution >= 4 is 47.4 Å². The van der Waals surface area contributed by atoms with E-state index in [0.717, 1.165) is 0 Å². The van der Waals surface area contributed by atoms with Gasteiger partial charge in [0.05, 0.1) is 28.4 Å². The highest BCUT2D eigenvalue weighted by Gasteiger charge is 2.16. The van der Waals surface area contributed by atoms with Crippen LogP contribution >= 0.6 is 35.6 Å². The van der Waals surface area contributed by atoms with Gasteiger partial charge in [-0.2, -0.15) is 10.2 Å². The van der Waals surface area contributed by atoms with E-state index in [1.165, 1.54) is 6.20 Å². The van der Waals surface area contributed by atoms with Crippen LogP contribution in [0.4, 0.5) is 0 Å². The first kappa shape index (κ1) is 14.1. The molecule has 82 valence electrons. The summed E-state index contributed by atoms with van der Waals surface area (Å²) in [5, 5.41) is 15.5.